The lowest BCUT2D eigenvalue weighted by atomic mass is 10.0. The van der Waals surface area contributed by atoms with Gasteiger partial charge in [-0.2, -0.15) is 0 Å². The number of hydrogen-bond acceptors (Lipinski definition) is 6. The SMILES string of the molecule is COCCN1CC(=O)NC(C(=O)N2CCCCCCC2)Cc2ccc(cc2)OCC(=O)N[C@@H](CC(C)C)C1=O. The highest BCUT2D eigenvalue weighted by atomic mass is 16.5. The van der Waals surface area contributed by atoms with E-state index in [4.69, 9.17) is 9.47 Å². The molecule has 2 N–H and O–H groups in total. The number of likely N-dealkylation sites (tertiary alicyclic amines) is 1. The van der Waals surface area contributed by atoms with Crippen LogP contribution in [0.3, 0.4) is 0 Å². The molecule has 4 rings (SSSR count). The van der Waals surface area contributed by atoms with Crippen molar-refractivity contribution in [3.05, 3.63) is 29.8 Å². The Balaban J connectivity index is 1.90. The van der Waals surface area contributed by atoms with Crippen LogP contribution in [0.25, 0.3) is 0 Å². The number of fused-ring (bicyclic) bond motifs is 13. The van der Waals surface area contributed by atoms with Crippen LogP contribution in [0.5, 0.6) is 5.75 Å². The van der Waals surface area contributed by atoms with Crippen LogP contribution in [0.1, 0.15) is 57.9 Å². The van der Waals surface area contributed by atoms with E-state index in [1.165, 1.54) is 18.4 Å². The van der Waals surface area contributed by atoms with Gasteiger partial charge in [0.05, 0.1) is 13.2 Å². The van der Waals surface area contributed by atoms with Crippen molar-refractivity contribution in [1.82, 2.24) is 20.4 Å². The Kier molecular flexibility index (Phi) is 12.0. The van der Waals surface area contributed by atoms with Crippen LogP contribution in [0.4, 0.5) is 0 Å². The molecular weight excluding hydrogens is 500 g/mol. The number of amides is 4. The zero-order valence-electron chi connectivity index (χ0n) is 23.6. The molecule has 0 aromatic heterocycles. The fraction of sp³-hybridized carbons (Fsp3) is 0.655. The van der Waals surface area contributed by atoms with E-state index >= 15 is 0 Å². The summed E-state index contributed by atoms with van der Waals surface area (Å²) in [5, 5.41) is 5.71. The van der Waals surface area contributed by atoms with Gasteiger partial charge in [-0.15, -0.1) is 0 Å². The van der Waals surface area contributed by atoms with Gasteiger partial charge < -0.3 is 29.9 Å². The van der Waals surface area contributed by atoms with Crippen LogP contribution in [0, 0.1) is 5.92 Å². The maximum atomic E-state index is 13.7. The van der Waals surface area contributed by atoms with Gasteiger partial charge in [-0.1, -0.05) is 45.2 Å². The fourth-order valence-corrected chi connectivity index (χ4v) is 5.03. The zero-order chi connectivity index (χ0) is 28.2. The molecule has 4 amide bonds. The lowest BCUT2D eigenvalue weighted by Crippen LogP contribution is -2.55. The summed E-state index contributed by atoms with van der Waals surface area (Å²) in [6.07, 6.45) is 5.96. The van der Waals surface area contributed by atoms with Crippen molar-refractivity contribution in [3.8, 4) is 5.75 Å². The number of carbonyl (C=O) groups is 4. The van der Waals surface area contributed by atoms with E-state index in [1.54, 1.807) is 12.1 Å². The number of rotatable bonds is 6. The van der Waals surface area contributed by atoms with Crippen molar-refractivity contribution in [1.29, 1.82) is 0 Å². The highest BCUT2D eigenvalue weighted by molar-refractivity contribution is 5.93. The number of nitrogens with zero attached hydrogens (tertiary/aromatic N) is 2. The van der Waals surface area contributed by atoms with E-state index in [2.05, 4.69) is 10.6 Å². The maximum absolute atomic E-state index is 13.7. The summed E-state index contributed by atoms with van der Waals surface area (Å²) in [6.45, 7) is 5.19. The maximum Gasteiger partial charge on any atom is 0.258 e. The summed E-state index contributed by atoms with van der Waals surface area (Å²) in [7, 11) is 1.52. The molecule has 0 spiro atoms. The summed E-state index contributed by atoms with van der Waals surface area (Å²) in [5.74, 6) is -0.689. The minimum atomic E-state index is -0.820. The Bertz CT molecular complexity index is 959. The molecule has 0 aliphatic carbocycles. The number of ether oxygens (including phenoxy) is 2. The number of nitrogens with one attached hydrogen (secondary N) is 2. The van der Waals surface area contributed by atoms with Crippen LogP contribution in [-0.4, -0.2) is 92.0 Å². The second kappa shape index (κ2) is 15.5. The predicted octanol–water partition coefficient (Wildman–Crippen LogP) is 1.90. The fourth-order valence-electron chi connectivity index (χ4n) is 5.03. The lowest BCUT2D eigenvalue weighted by Gasteiger charge is -2.31. The van der Waals surface area contributed by atoms with Crippen LogP contribution in [0.15, 0.2) is 24.3 Å². The average Bonchev–Trinajstić information content (AvgIpc) is 2.88. The molecule has 2 atom stereocenters. The Hall–Kier alpha value is -3.14. The van der Waals surface area contributed by atoms with Crippen molar-refractivity contribution in [3.63, 3.8) is 0 Å². The smallest absolute Gasteiger partial charge is 0.258 e. The van der Waals surface area contributed by atoms with E-state index in [-0.39, 0.29) is 44.0 Å². The van der Waals surface area contributed by atoms with E-state index < -0.39 is 23.9 Å². The third-order valence-electron chi connectivity index (χ3n) is 7.09. The number of methoxy groups -OCH3 is 1. The van der Waals surface area contributed by atoms with Gasteiger partial charge in [0.15, 0.2) is 6.61 Å². The molecule has 0 saturated carbocycles. The summed E-state index contributed by atoms with van der Waals surface area (Å²) >= 11 is 0. The summed E-state index contributed by atoms with van der Waals surface area (Å²) < 4.78 is 10.8. The molecule has 1 fully saturated rings. The molecular formula is C29H44N4O6. The molecule has 3 aliphatic heterocycles. The number of hydrogen-bond donors (Lipinski definition) is 2. The van der Waals surface area contributed by atoms with Crippen LogP contribution < -0.4 is 15.4 Å². The van der Waals surface area contributed by atoms with Crippen molar-refractivity contribution in [2.45, 2.75) is 70.9 Å². The Morgan fingerprint density at radius 3 is 2.31 bits per heavy atom. The number of benzene rings is 1. The first-order valence-corrected chi connectivity index (χ1v) is 14.1. The normalized spacial score (nSPS) is 22.1. The average molecular weight is 545 g/mol. The minimum absolute atomic E-state index is 0.105. The Labute approximate surface area is 231 Å². The predicted molar refractivity (Wildman–Crippen MR) is 147 cm³/mol. The third-order valence-corrected chi connectivity index (χ3v) is 7.09. The summed E-state index contributed by atoms with van der Waals surface area (Å²) in [5.41, 5.74) is 0.855. The van der Waals surface area contributed by atoms with E-state index in [9.17, 15) is 19.2 Å². The quantitative estimate of drug-likeness (QED) is 0.529. The van der Waals surface area contributed by atoms with Crippen molar-refractivity contribution >= 4 is 23.6 Å². The summed E-state index contributed by atoms with van der Waals surface area (Å²) in [4.78, 5) is 56.5. The van der Waals surface area contributed by atoms with Gasteiger partial charge in [0.2, 0.25) is 17.7 Å². The standard InChI is InChI=1S/C29H44N4O6/c1-21(2)17-24-29(37)33(15-16-38-3)19-26(34)30-25(28(36)32-13-7-5-4-6-8-14-32)18-22-9-11-23(12-10-22)39-20-27(35)31-24/h9-12,21,24-25H,4-8,13-20H2,1-3H3,(H,30,34)(H,31,35)/t24-,25?/m0/s1. The molecule has 1 aromatic carbocycles. The van der Waals surface area contributed by atoms with Crippen LogP contribution in [0.2, 0.25) is 0 Å². The van der Waals surface area contributed by atoms with Gasteiger partial charge in [-0.05, 0) is 42.9 Å². The molecule has 1 unspecified atom stereocenters. The largest absolute Gasteiger partial charge is 0.484 e. The first-order chi connectivity index (χ1) is 18.8. The molecule has 3 aliphatic rings. The van der Waals surface area contributed by atoms with Gasteiger partial charge in [0.25, 0.3) is 5.91 Å². The van der Waals surface area contributed by atoms with Gasteiger partial charge in [0.1, 0.15) is 17.8 Å². The molecule has 1 saturated heterocycles. The van der Waals surface area contributed by atoms with E-state index in [1.807, 2.05) is 30.9 Å². The lowest BCUT2D eigenvalue weighted by molar-refractivity contribution is -0.142. The second-order valence-electron chi connectivity index (χ2n) is 10.9. The third kappa shape index (κ3) is 9.84. The van der Waals surface area contributed by atoms with Crippen molar-refractivity contribution in [2.75, 3.05) is 46.5 Å². The van der Waals surface area contributed by atoms with Crippen molar-refractivity contribution < 1.29 is 28.7 Å². The molecule has 2 bridgehead atoms. The van der Waals surface area contributed by atoms with Gasteiger partial charge in [-0.3, -0.25) is 19.2 Å². The topological polar surface area (TPSA) is 117 Å². The van der Waals surface area contributed by atoms with E-state index in [0.29, 0.717) is 31.7 Å². The first kappa shape index (κ1) is 30.4. The molecule has 10 heteroatoms. The Morgan fingerprint density at radius 2 is 1.67 bits per heavy atom. The molecule has 0 radical (unpaired) electrons. The minimum Gasteiger partial charge on any atom is -0.484 e. The van der Waals surface area contributed by atoms with E-state index in [0.717, 1.165) is 31.2 Å². The van der Waals surface area contributed by atoms with Crippen LogP contribution >= 0.6 is 0 Å². The molecule has 1 aromatic rings. The monoisotopic (exact) mass is 544 g/mol. The van der Waals surface area contributed by atoms with Crippen molar-refractivity contribution in [2.24, 2.45) is 5.92 Å². The molecule has 216 valence electrons. The molecule has 39 heavy (non-hydrogen) atoms. The zero-order valence-corrected chi connectivity index (χ0v) is 23.6. The second-order valence-corrected chi connectivity index (χ2v) is 10.9. The Morgan fingerprint density at radius 1 is 1.00 bits per heavy atom. The van der Waals surface area contributed by atoms with Gasteiger partial charge >= 0.3 is 0 Å². The number of carbonyl (C=O) groups excluding carboxylic acids is 4. The summed E-state index contributed by atoms with van der Waals surface area (Å²) in [6, 6.07) is 5.60. The highest BCUT2D eigenvalue weighted by Gasteiger charge is 2.31. The van der Waals surface area contributed by atoms with Gasteiger partial charge in [-0.25, -0.2) is 0 Å². The highest BCUT2D eigenvalue weighted by Crippen LogP contribution is 2.17. The first-order valence-electron chi connectivity index (χ1n) is 14.1. The van der Waals surface area contributed by atoms with Gasteiger partial charge in [0, 0.05) is 33.2 Å². The molecule has 10 nitrogen and oxygen atoms in total. The van der Waals surface area contributed by atoms with Crippen LogP contribution in [-0.2, 0) is 30.3 Å². The molecule has 3 heterocycles.